The van der Waals surface area contributed by atoms with E-state index in [1.165, 1.54) is 57.1 Å². The zero-order valence-corrected chi connectivity index (χ0v) is 56.7. The summed E-state index contributed by atoms with van der Waals surface area (Å²) in [5.74, 6) is -0.407. The van der Waals surface area contributed by atoms with Crippen LogP contribution in [0.1, 0.15) is 85.3 Å². The van der Waals surface area contributed by atoms with Gasteiger partial charge in [0.15, 0.2) is 0 Å². The number of methoxy groups -OCH3 is 2. The molecule has 9 aromatic rings. The van der Waals surface area contributed by atoms with Gasteiger partial charge in [0.05, 0.1) is 63.0 Å². The number of ether oxygens (including phenoxy) is 3. The summed E-state index contributed by atoms with van der Waals surface area (Å²) in [5.41, 5.74) is 4.15. The molecule has 0 radical (unpaired) electrons. The minimum atomic E-state index is -4.97. The number of aliphatic imine (C=N–C) groups is 1. The number of hydrogen-bond donors (Lipinski definition) is 8. The van der Waals surface area contributed by atoms with E-state index in [0.29, 0.717) is 77.9 Å². The first-order chi connectivity index (χ1) is 48.3. The Morgan fingerprint density at radius 2 is 0.762 bits per heavy atom. The molecule has 0 spiro atoms. The summed E-state index contributed by atoms with van der Waals surface area (Å²) in [4.78, 5) is 99.2. The van der Waals surface area contributed by atoms with Gasteiger partial charge in [0.25, 0.3) is 35.4 Å². The third-order valence-corrected chi connectivity index (χ3v) is 15.6. The molecule has 0 saturated carbocycles. The van der Waals surface area contributed by atoms with Gasteiger partial charge in [-0.15, -0.1) is 13.2 Å². The Hall–Kier alpha value is -11.9. The Morgan fingerprint density at radius 1 is 0.446 bits per heavy atom. The van der Waals surface area contributed by atoms with Crippen molar-refractivity contribution in [2.24, 2.45) is 4.99 Å². The lowest BCUT2D eigenvalue weighted by Gasteiger charge is -2.33. The molecule has 5 heterocycles. The summed E-state index contributed by atoms with van der Waals surface area (Å²) >= 11 is 17.5. The molecule has 6 amide bonds. The van der Waals surface area contributed by atoms with Crippen LogP contribution in [0.15, 0.2) is 187 Å². The first kappa shape index (κ1) is 73.3. The van der Waals surface area contributed by atoms with Gasteiger partial charge < -0.3 is 60.8 Å². The molecule has 0 atom stereocenters. The fourth-order valence-corrected chi connectivity index (χ4v) is 9.83. The van der Waals surface area contributed by atoms with Gasteiger partial charge in [-0.1, -0.05) is 71.2 Å². The van der Waals surface area contributed by atoms with Crippen molar-refractivity contribution >= 4 is 122 Å². The van der Waals surface area contributed by atoms with Crippen molar-refractivity contribution in [2.45, 2.75) is 12.8 Å². The van der Waals surface area contributed by atoms with Gasteiger partial charge in [-0.05, 0) is 134 Å². The van der Waals surface area contributed by atoms with E-state index in [1.807, 2.05) is 40.9 Å². The van der Waals surface area contributed by atoms with E-state index in [4.69, 9.17) is 55.1 Å². The zero-order valence-electron chi connectivity index (χ0n) is 54.4. The number of amides is 6. The molecule has 0 unspecified atom stereocenters. The molecule has 30 heteroatoms. The Morgan fingerprint density at radius 3 is 1.04 bits per heavy atom. The van der Waals surface area contributed by atoms with E-state index in [9.17, 15) is 41.9 Å². The van der Waals surface area contributed by atoms with Crippen LogP contribution in [0, 0.1) is 10.8 Å². The second-order valence-corrected chi connectivity index (χ2v) is 23.4. The Kier molecular flexibility index (Phi) is 24.3. The normalized spacial score (nSPS) is 12.0. The predicted octanol–water partition coefficient (Wildman–Crippen LogP) is 13.2. The molecule has 8 N–H and O–H groups in total. The van der Waals surface area contributed by atoms with E-state index < -0.39 is 35.7 Å². The molecule has 2 saturated heterocycles. The van der Waals surface area contributed by atoms with Crippen molar-refractivity contribution in [3.63, 3.8) is 0 Å². The van der Waals surface area contributed by atoms with Crippen LogP contribution in [0.2, 0.25) is 15.1 Å². The van der Waals surface area contributed by atoms with Gasteiger partial charge in [-0.3, -0.25) is 44.6 Å². The second-order valence-electron chi connectivity index (χ2n) is 22.1. The number of anilines is 6. The number of pyridine rings is 3. The third-order valence-electron chi connectivity index (χ3n) is 14.9. The highest BCUT2D eigenvalue weighted by Crippen LogP contribution is 2.31. The molecule has 11 rings (SSSR count). The van der Waals surface area contributed by atoms with Crippen molar-refractivity contribution < 1.29 is 56.1 Å². The number of nitrogens with one attached hydrogen (secondary N) is 8. The molecular weight excluding hydrogens is 1370 g/mol. The Labute approximate surface area is 591 Å². The minimum absolute atomic E-state index is 0.0445. The SMILES string of the molecule is CN=C(c1ccc(C(=O)Nc2ccc(OC)cc2C(=O)Nc2ccc(Cl)cn2)cc1)N(C)C.COc1ccc(NC(=O)c2ccc(C(=N)N3CCC3)cc2)c(C(=O)Nc2ccc(Cl)cn2)c1.N=C(c1ccc(C(=O)Nc2ccc(OC(F)(F)F)cc2C(=O)Nc2ccc(Cl)cn2)cc1)N1CC1. The average molecular weight is 1430 g/mol. The number of benzene rings is 6. The number of halogens is 6. The van der Waals surface area contributed by atoms with Crippen LogP contribution < -0.4 is 46.1 Å². The Bertz CT molecular complexity index is 4570. The van der Waals surface area contributed by atoms with Gasteiger partial charge in [0.1, 0.15) is 52.2 Å². The largest absolute Gasteiger partial charge is 0.573 e. The molecule has 0 aliphatic carbocycles. The maximum absolute atomic E-state index is 12.9. The smallest absolute Gasteiger partial charge is 0.497 e. The van der Waals surface area contributed by atoms with Crippen LogP contribution in [-0.2, 0) is 0 Å². The number of rotatable bonds is 18. The molecule has 101 heavy (non-hydrogen) atoms. The van der Waals surface area contributed by atoms with Gasteiger partial charge in [0.2, 0.25) is 0 Å². The Balaban J connectivity index is 0.000000177. The van der Waals surface area contributed by atoms with Crippen molar-refractivity contribution in [3.05, 3.63) is 248 Å². The van der Waals surface area contributed by atoms with Crippen molar-refractivity contribution in [3.8, 4) is 17.2 Å². The van der Waals surface area contributed by atoms with Gasteiger partial charge in [-0.25, -0.2) is 15.0 Å². The van der Waals surface area contributed by atoms with Gasteiger partial charge in [0, 0.05) is 99.3 Å². The summed E-state index contributed by atoms with van der Waals surface area (Å²) in [6.45, 7) is 3.39. The van der Waals surface area contributed by atoms with E-state index in [0.717, 1.165) is 67.8 Å². The molecule has 24 nitrogen and oxygen atoms in total. The summed E-state index contributed by atoms with van der Waals surface area (Å²) < 4.78 is 52.5. The molecule has 2 aliphatic heterocycles. The van der Waals surface area contributed by atoms with Crippen LogP contribution in [-0.4, -0.2) is 151 Å². The van der Waals surface area contributed by atoms with Gasteiger partial charge in [-0.2, -0.15) is 0 Å². The van der Waals surface area contributed by atoms with Crippen LogP contribution in [0.4, 0.5) is 47.7 Å². The molecular formula is C71H63Cl3F3N15O9. The maximum atomic E-state index is 12.9. The van der Waals surface area contributed by atoms with E-state index >= 15 is 0 Å². The number of carbonyl (C=O) groups is 6. The number of alkyl halides is 3. The maximum Gasteiger partial charge on any atom is 0.573 e. The van der Waals surface area contributed by atoms with Gasteiger partial charge >= 0.3 is 6.36 Å². The number of likely N-dealkylation sites (tertiary alicyclic amines) is 1. The number of amidine groups is 3. The summed E-state index contributed by atoms with van der Waals surface area (Å²) in [5, 5.41) is 33.4. The van der Waals surface area contributed by atoms with Crippen LogP contribution in [0.3, 0.4) is 0 Å². The highest BCUT2D eigenvalue weighted by molar-refractivity contribution is 6.31. The van der Waals surface area contributed by atoms with E-state index in [2.05, 4.69) is 56.6 Å². The lowest BCUT2D eigenvalue weighted by molar-refractivity contribution is -0.274. The quantitative estimate of drug-likeness (QED) is 0.0225. The van der Waals surface area contributed by atoms with E-state index in [1.54, 1.807) is 116 Å². The van der Waals surface area contributed by atoms with Crippen molar-refractivity contribution in [2.75, 3.05) is 93.4 Å². The first-order valence-corrected chi connectivity index (χ1v) is 31.6. The second kappa shape index (κ2) is 33.5. The monoisotopic (exact) mass is 1430 g/mol. The highest BCUT2D eigenvalue weighted by atomic mass is 35.5. The lowest BCUT2D eigenvalue weighted by Crippen LogP contribution is -2.42. The number of nitrogens with zero attached hydrogens (tertiary/aromatic N) is 7. The van der Waals surface area contributed by atoms with E-state index in [-0.39, 0.29) is 45.6 Å². The molecule has 3 aromatic heterocycles. The zero-order chi connectivity index (χ0) is 72.5. The number of aromatic nitrogens is 3. The average Bonchev–Trinajstić information content (AvgIpc) is 1.37. The standard InChI is InChI=1S/C24H22ClN5O3.C24H24ClN5O3.C23H17ClF3N5O3/c1-33-18-8-9-20(19(13-18)24(32)29-21-10-7-17(25)14-27-21)28-23(31)16-5-3-15(4-6-16)22(26)30-11-2-12-30;1-26-22(30(2)3)15-5-7-16(8-6-15)23(31)28-20-11-10-18(33-4)13-19(20)24(32)29-21-12-9-17(25)14-27-21;24-15-5-8-19(29-12-15)31-22(34)17-11-16(35-23(25,26)27)6-7-18(17)30-21(33)14-3-1-13(2-4-14)20(28)32-9-10-32/h3-10,13-14,26H,2,11-12H2,1H3,(H,28,31)(H,27,29,32);5-14H,1-4H3,(H,28,31)(H,27,29,32);1-8,11-12,28H,9-10H2,(H,30,33)(H,29,31,34). The number of carbonyl (C=O) groups excluding carboxylic acids is 6. The fourth-order valence-electron chi connectivity index (χ4n) is 9.49. The molecule has 2 aliphatic rings. The van der Waals surface area contributed by atoms with Crippen molar-refractivity contribution in [1.29, 1.82) is 10.8 Å². The lowest BCUT2D eigenvalue weighted by atomic mass is 10.1. The predicted molar refractivity (Wildman–Crippen MR) is 381 cm³/mol. The minimum Gasteiger partial charge on any atom is -0.497 e. The van der Waals surface area contributed by atoms with Crippen LogP contribution in [0.5, 0.6) is 17.2 Å². The third kappa shape index (κ3) is 20.3. The molecule has 518 valence electrons. The van der Waals surface area contributed by atoms with Crippen LogP contribution in [0.25, 0.3) is 0 Å². The molecule has 2 fully saturated rings. The fraction of sp³-hybridized carbons (Fsp3) is 0.155. The summed E-state index contributed by atoms with van der Waals surface area (Å²) in [6, 6.07) is 42.1. The van der Waals surface area contributed by atoms with Crippen LogP contribution >= 0.6 is 34.8 Å². The highest BCUT2D eigenvalue weighted by Gasteiger charge is 2.32. The molecule has 6 aromatic carbocycles. The number of hydrogen-bond acceptors (Lipinski definition) is 15. The van der Waals surface area contributed by atoms with Crippen molar-refractivity contribution in [1.82, 2.24) is 29.7 Å². The summed E-state index contributed by atoms with van der Waals surface area (Å²) in [6.07, 6.45) is 0.265. The summed E-state index contributed by atoms with van der Waals surface area (Å²) in [7, 11) is 8.51. The molecule has 0 bridgehead atoms. The topological polar surface area (TPSA) is 311 Å². The first-order valence-electron chi connectivity index (χ1n) is 30.5.